The number of benzene rings is 1. The van der Waals surface area contributed by atoms with Crippen LogP contribution in [0.15, 0.2) is 23.1 Å². The van der Waals surface area contributed by atoms with Gasteiger partial charge in [0.05, 0.1) is 18.1 Å². The summed E-state index contributed by atoms with van der Waals surface area (Å²) in [5.74, 6) is 0.0653. The molecule has 2 aliphatic rings. The molecule has 1 fully saturated rings. The number of fused-ring (bicyclic) bond motifs is 1. The lowest BCUT2D eigenvalue weighted by atomic mass is 10.1. The van der Waals surface area contributed by atoms with Crippen molar-refractivity contribution >= 4 is 21.6 Å². The van der Waals surface area contributed by atoms with E-state index in [9.17, 15) is 13.2 Å². The van der Waals surface area contributed by atoms with Gasteiger partial charge in [0, 0.05) is 44.3 Å². The number of hydrogen-bond acceptors (Lipinski definition) is 5. The summed E-state index contributed by atoms with van der Waals surface area (Å²) in [6, 6.07) is 5.10. The third-order valence-corrected chi connectivity index (χ3v) is 6.43. The lowest BCUT2D eigenvalue weighted by Gasteiger charge is -2.26. The van der Waals surface area contributed by atoms with Crippen molar-refractivity contribution in [3.63, 3.8) is 0 Å². The first-order chi connectivity index (χ1) is 12.4. The van der Waals surface area contributed by atoms with Gasteiger partial charge in [0.25, 0.3) is 0 Å². The van der Waals surface area contributed by atoms with Gasteiger partial charge in [-0.2, -0.15) is 0 Å². The molecule has 7 nitrogen and oxygen atoms in total. The first-order valence-corrected chi connectivity index (χ1v) is 10.7. The van der Waals surface area contributed by atoms with Crippen LogP contribution in [0.25, 0.3) is 0 Å². The van der Waals surface area contributed by atoms with Crippen molar-refractivity contribution in [1.82, 2.24) is 9.62 Å². The van der Waals surface area contributed by atoms with Crippen LogP contribution in [0, 0.1) is 0 Å². The molecule has 144 valence electrons. The van der Waals surface area contributed by atoms with E-state index in [1.54, 1.807) is 23.1 Å². The van der Waals surface area contributed by atoms with Gasteiger partial charge in [-0.25, -0.2) is 13.1 Å². The molecule has 1 amide bonds. The normalized spacial score (nSPS) is 21.0. The van der Waals surface area contributed by atoms with Gasteiger partial charge in [-0.1, -0.05) is 6.92 Å². The molecule has 1 N–H and O–H groups in total. The van der Waals surface area contributed by atoms with E-state index in [1.807, 2.05) is 13.8 Å². The Balaban J connectivity index is 1.67. The molecule has 0 bridgehead atoms. The summed E-state index contributed by atoms with van der Waals surface area (Å²) in [5.41, 5.74) is 1.74. The summed E-state index contributed by atoms with van der Waals surface area (Å²) in [5, 5.41) is 0. The number of sulfonamides is 1. The average Bonchev–Trinajstić information content (AvgIpc) is 2.96. The summed E-state index contributed by atoms with van der Waals surface area (Å²) in [4.78, 5) is 16.4. The predicted octanol–water partition coefficient (Wildman–Crippen LogP) is 0.985. The smallest absolute Gasteiger partial charge is 0.240 e. The summed E-state index contributed by atoms with van der Waals surface area (Å²) in [7, 11) is -3.55. The van der Waals surface area contributed by atoms with Crippen molar-refractivity contribution in [3.05, 3.63) is 23.8 Å². The van der Waals surface area contributed by atoms with Crippen molar-refractivity contribution in [1.29, 1.82) is 0 Å². The van der Waals surface area contributed by atoms with Crippen molar-refractivity contribution in [2.24, 2.45) is 0 Å². The predicted molar refractivity (Wildman–Crippen MR) is 99.8 cm³/mol. The van der Waals surface area contributed by atoms with Gasteiger partial charge in [0.1, 0.15) is 0 Å². The van der Waals surface area contributed by atoms with E-state index in [4.69, 9.17) is 4.74 Å². The maximum atomic E-state index is 12.6. The molecule has 8 heteroatoms. The summed E-state index contributed by atoms with van der Waals surface area (Å²) < 4.78 is 33.2. The number of anilines is 1. The second-order valence-corrected chi connectivity index (χ2v) is 8.58. The fourth-order valence-electron chi connectivity index (χ4n) is 3.57. The summed E-state index contributed by atoms with van der Waals surface area (Å²) >= 11 is 0. The van der Waals surface area contributed by atoms with Crippen LogP contribution < -0.4 is 9.62 Å². The minimum Gasteiger partial charge on any atom is -0.379 e. The number of amides is 1. The van der Waals surface area contributed by atoms with Crippen molar-refractivity contribution in [3.8, 4) is 0 Å². The molecule has 1 atom stereocenters. The molecule has 0 saturated carbocycles. The van der Waals surface area contributed by atoms with E-state index in [1.165, 1.54) is 0 Å². The Labute approximate surface area is 155 Å². The van der Waals surface area contributed by atoms with Crippen LogP contribution in [0.1, 0.15) is 25.8 Å². The Morgan fingerprint density at radius 3 is 2.73 bits per heavy atom. The zero-order valence-corrected chi connectivity index (χ0v) is 16.2. The molecule has 2 heterocycles. The SMILES string of the molecule is CCC(=O)N1c2ccc(S(=O)(=O)NCCN3CCOCC3)cc2C[C@H]1C. The van der Waals surface area contributed by atoms with E-state index >= 15 is 0 Å². The number of nitrogens with zero attached hydrogens (tertiary/aromatic N) is 2. The van der Waals surface area contributed by atoms with Crippen LogP contribution in [0.5, 0.6) is 0 Å². The van der Waals surface area contributed by atoms with E-state index in [-0.39, 0.29) is 16.8 Å². The lowest BCUT2D eigenvalue weighted by Crippen LogP contribution is -2.41. The van der Waals surface area contributed by atoms with E-state index in [0.717, 1.165) is 24.3 Å². The number of morpholine rings is 1. The van der Waals surface area contributed by atoms with Crippen LogP contribution in [0.3, 0.4) is 0 Å². The third-order valence-electron chi connectivity index (χ3n) is 4.97. The van der Waals surface area contributed by atoms with E-state index in [0.29, 0.717) is 39.1 Å². The highest BCUT2D eigenvalue weighted by Gasteiger charge is 2.31. The highest BCUT2D eigenvalue weighted by atomic mass is 32.2. The number of carbonyl (C=O) groups is 1. The largest absolute Gasteiger partial charge is 0.379 e. The van der Waals surface area contributed by atoms with Gasteiger partial charge in [0.2, 0.25) is 15.9 Å². The van der Waals surface area contributed by atoms with Gasteiger partial charge in [-0.3, -0.25) is 9.69 Å². The molecular weight excluding hydrogens is 354 g/mol. The Bertz CT molecular complexity index is 760. The number of nitrogens with one attached hydrogen (secondary N) is 1. The van der Waals surface area contributed by atoms with Gasteiger partial charge in [-0.15, -0.1) is 0 Å². The Hall–Kier alpha value is -1.48. The topological polar surface area (TPSA) is 79.0 Å². The van der Waals surface area contributed by atoms with Crippen LogP contribution in [-0.4, -0.2) is 64.7 Å². The summed E-state index contributed by atoms with van der Waals surface area (Å²) in [6.45, 7) is 7.93. The fraction of sp³-hybridized carbons (Fsp3) is 0.611. The minimum atomic E-state index is -3.55. The minimum absolute atomic E-state index is 0.0599. The second kappa shape index (κ2) is 8.04. The fourth-order valence-corrected chi connectivity index (χ4v) is 4.64. The lowest BCUT2D eigenvalue weighted by molar-refractivity contribution is -0.118. The van der Waals surface area contributed by atoms with E-state index in [2.05, 4.69) is 9.62 Å². The van der Waals surface area contributed by atoms with Crippen LogP contribution >= 0.6 is 0 Å². The van der Waals surface area contributed by atoms with E-state index < -0.39 is 10.0 Å². The van der Waals surface area contributed by atoms with Crippen LogP contribution in [0.2, 0.25) is 0 Å². The van der Waals surface area contributed by atoms with Crippen molar-refractivity contribution < 1.29 is 17.9 Å². The van der Waals surface area contributed by atoms with Gasteiger partial charge in [0.15, 0.2) is 0 Å². The first kappa shape index (κ1) is 19.3. The highest BCUT2D eigenvalue weighted by Crippen LogP contribution is 2.34. The zero-order valence-electron chi connectivity index (χ0n) is 15.4. The zero-order chi connectivity index (χ0) is 18.7. The summed E-state index contributed by atoms with van der Waals surface area (Å²) in [6.07, 6.45) is 1.12. The standard InChI is InChI=1S/C18H27N3O4S/c1-3-18(22)21-14(2)12-15-13-16(4-5-17(15)21)26(23,24)19-6-7-20-8-10-25-11-9-20/h4-5,13-14,19H,3,6-12H2,1-2H3/t14-/m1/s1. The molecule has 0 spiro atoms. The maximum absolute atomic E-state index is 12.6. The molecule has 3 rings (SSSR count). The second-order valence-electron chi connectivity index (χ2n) is 6.81. The van der Waals surface area contributed by atoms with Gasteiger partial charge < -0.3 is 9.64 Å². The van der Waals surface area contributed by atoms with Crippen LogP contribution in [-0.2, 0) is 26.0 Å². The quantitative estimate of drug-likeness (QED) is 0.795. The molecule has 0 aromatic heterocycles. The number of carbonyl (C=O) groups excluding carboxylic acids is 1. The molecule has 26 heavy (non-hydrogen) atoms. The molecule has 0 unspecified atom stereocenters. The first-order valence-electron chi connectivity index (χ1n) is 9.17. The molecule has 2 aliphatic heterocycles. The van der Waals surface area contributed by atoms with Crippen molar-refractivity contribution in [2.75, 3.05) is 44.3 Å². The monoisotopic (exact) mass is 381 g/mol. The maximum Gasteiger partial charge on any atom is 0.240 e. The number of rotatable bonds is 6. The molecule has 1 saturated heterocycles. The average molecular weight is 381 g/mol. The molecule has 1 aromatic carbocycles. The molecule has 0 radical (unpaired) electrons. The highest BCUT2D eigenvalue weighted by molar-refractivity contribution is 7.89. The number of ether oxygens (including phenoxy) is 1. The van der Waals surface area contributed by atoms with Gasteiger partial charge in [-0.05, 0) is 37.1 Å². The number of hydrogen-bond donors (Lipinski definition) is 1. The van der Waals surface area contributed by atoms with Crippen molar-refractivity contribution in [2.45, 2.75) is 37.6 Å². The molecule has 1 aromatic rings. The third kappa shape index (κ3) is 4.09. The Morgan fingerprint density at radius 2 is 2.04 bits per heavy atom. The molecular formula is C18H27N3O4S. The van der Waals surface area contributed by atoms with Crippen LogP contribution in [0.4, 0.5) is 5.69 Å². The Morgan fingerprint density at radius 1 is 1.31 bits per heavy atom. The Kier molecular flexibility index (Phi) is 5.96. The molecule has 0 aliphatic carbocycles. The van der Waals surface area contributed by atoms with Gasteiger partial charge >= 0.3 is 0 Å².